The van der Waals surface area contributed by atoms with Gasteiger partial charge in [-0.1, -0.05) is 6.92 Å². The Balaban J connectivity index is 2.39. The van der Waals surface area contributed by atoms with Crippen LogP contribution < -0.4 is 10.2 Å². The van der Waals surface area contributed by atoms with Gasteiger partial charge in [0, 0.05) is 24.5 Å². The van der Waals surface area contributed by atoms with E-state index in [1.54, 1.807) is 24.3 Å². The van der Waals surface area contributed by atoms with E-state index < -0.39 is 0 Å². The zero-order valence-corrected chi connectivity index (χ0v) is 12.4. The molecule has 0 saturated heterocycles. The smallest absolute Gasteiger partial charge is 0.123 e. The molecule has 0 aliphatic heterocycles. The van der Waals surface area contributed by atoms with Crippen LogP contribution in [0.15, 0.2) is 42.5 Å². The lowest BCUT2D eigenvalue weighted by molar-refractivity contribution is 0.621. The van der Waals surface area contributed by atoms with E-state index in [1.807, 2.05) is 18.7 Å². The minimum absolute atomic E-state index is 0.248. The molecule has 4 heteroatoms. The summed E-state index contributed by atoms with van der Waals surface area (Å²) in [4.78, 5) is 2.05. The van der Waals surface area contributed by atoms with E-state index in [9.17, 15) is 8.78 Å². The molecule has 0 aliphatic carbocycles. The number of nitrogens with one attached hydrogen (secondary N) is 1. The van der Waals surface area contributed by atoms with Gasteiger partial charge in [0.05, 0.1) is 0 Å². The fraction of sp³-hybridized carbons (Fsp3) is 0.294. The highest BCUT2D eigenvalue weighted by Gasteiger charge is 2.12. The second-order valence-electron chi connectivity index (χ2n) is 4.77. The molecule has 0 saturated carbocycles. The van der Waals surface area contributed by atoms with Crippen molar-refractivity contribution in [3.63, 3.8) is 0 Å². The maximum absolute atomic E-state index is 13.5. The summed E-state index contributed by atoms with van der Waals surface area (Å²) in [5.41, 5.74) is 2.72. The number of hydrogen-bond donors (Lipinski definition) is 1. The maximum atomic E-state index is 13.5. The van der Waals surface area contributed by atoms with Gasteiger partial charge in [-0.15, -0.1) is 0 Å². The van der Waals surface area contributed by atoms with Crippen molar-refractivity contribution in [3.8, 4) is 0 Å². The normalized spacial score (nSPS) is 10.7. The summed E-state index contributed by atoms with van der Waals surface area (Å²) in [7, 11) is 0. The molecule has 0 atom stereocenters. The Labute approximate surface area is 124 Å². The average molecular weight is 290 g/mol. The van der Waals surface area contributed by atoms with Crippen LogP contribution in [0.5, 0.6) is 0 Å². The first-order valence-electron chi connectivity index (χ1n) is 7.18. The molecule has 0 amide bonds. The van der Waals surface area contributed by atoms with Crippen LogP contribution in [0.1, 0.15) is 19.4 Å². The predicted molar refractivity (Wildman–Crippen MR) is 82.9 cm³/mol. The monoisotopic (exact) mass is 290 g/mol. The van der Waals surface area contributed by atoms with Crippen LogP contribution in [-0.2, 0) is 6.54 Å². The molecule has 0 unspecified atom stereocenters. The first-order valence-corrected chi connectivity index (χ1v) is 7.18. The SMILES string of the molecule is CCNCc1cc(F)ccc1N(CC)c1ccc(F)cc1. The van der Waals surface area contributed by atoms with Crippen molar-refractivity contribution in [1.82, 2.24) is 5.32 Å². The van der Waals surface area contributed by atoms with Gasteiger partial charge in [-0.3, -0.25) is 0 Å². The van der Waals surface area contributed by atoms with E-state index in [1.165, 1.54) is 18.2 Å². The van der Waals surface area contributed by atoms with Crippen LogP contribution in [0.25, 0.3) is 0 Å². The van der Waals surface area contributed by atoms with Crippen molar-refractivity contribution in [1.29, 1.82) is 0 Å². The third-order valence-corrected chi connectivity index (χ3v) is 3.35. The lowest BCUT2D eigenvalue weighted by Crippen LogP contribution is -2.20. The van der Waals surface area contributed by atoms with Gasteiger partial charge in [-0.05, 0) is 61.5 Å². The zero-order chi connectivity index (χ0) is 15.2. The highest BCUT2D eigenvalue weighted by atomic mass is 19.1. The lowest BCUT2D eigenvalue weighted by Gasteiger charge is -2.26. The number of halogens is 2. The Morgan fingerprint density at radius 2 is 1.62 bits per heavy atom. The number of anilines is 2. The van der Waals surface area contributed by atoms with Crippen LogP contribution >= 0.6 is 0 Å². The van der Waals surface area contributed by atoms with E-state index in [4.69, 9.17) is 0 Å². The van der Waals surface area contributed by atoms with Crippen molar-refractivity contribution in [2.24, 2.45) is 0 Å². The Kier molecular flexibility index (Phi) is 5.28. The molecule has 0 spiro atoms. The van der Waals surface area contributed by atoms with Crippen molar-refractivity contribution >= 4 is 11.4 Å². The van der Waals surface area contributed by atoms with Crippen molar-refractivity contribution in [2.75, 3.05) is 18.0 Å². The third-order valence-electron chi connectivity index (χ3n) is 3.35. The molecule has 112 valence electrons. The largest absolute Gasteiger partial charge is 0.342 e. The molecular formula is C17H20F2N2. The van der Waals surface area contributed by atoms with E-state index in [-0.39, 0.29) is 11.6 Å². The minimum atomic E-state index is -0.262. The fourth-order valence-corrected chi connectivity index (χ4v) is 2.33. The third kappa shape index (κ3) is 3.79. The van der Waals surface area contributed by atoms with Gasteiger partial charge < -0.3 is 10.2 Å². The maximum Gasteiger partial charge on any atom is 0.123 e. The lowest BCUT2D eigenvalue weighted by atomic mass is 10.1. The summed E-state index contributed by atoms with van der Waals surface area (Å²) in [6.45, 7) is 6.16. The zero-order valence-electron chi connectivity index (χ0n) is 12.4. The van der Waals surface area contributed by atoms with Crippen LogP contribution in [0.4, 0.5) is 20.2 Å². The number of nitrogens with zero attached hydrogens (tertiary/aromatic N) is 1. The van der Waals surface area contributed by atoms with Gasteiger partial charge in [0.15, 0.2) is 0 Å². The van der Waals surface area contributed by atoms with Gasteiger partial charge in [-0.2, -0.15) is 0 Å². The van der Waals surface area contributed by atoms with Crippen molar-refractivity contribution < 1.29 is 8.78 Å². The van der Waals surface area contributed by atoms with E-state index in [0.717, 1.165) is 30.0 Å². The number of benzene rings is 2. The number of hydrogen-bond acceptors (Lipinski definition) is 2. The summed E-state index contributed by atoms with van der Waals surface area (Å²) in [6.07, 6.45) is 0. The molecule has 0 radical (unpaired) electrons. The highest BCUT2D eigenvalue weighted by molar-refractivity contribution is 5.66. The summed E-state index contributed by atoms with van der Waals surface area (Å²) in [5, 5.41) is 3.22. The summed E-state index contributed by atoms with van der Waals surface area (Å²) < 4.78 is 26.6. The van der Waals surface area contributed by atoms with Crippen LogP contribution in [0.3, 0.4) is 0 Å². The second kappa shape index (κ2) is 7.18. The molecule has 2 aromatic rings. The van der Waals surface area contributed by atoms with Crippen LogP contribution in [0, 0.1) is 11.6 Å². The average Bonchev–Trinajstić information content (AvgIpc) is 2.49. The van der Waals surface area contributed by atoms with E-state index in [0.29, 0.717) is 6.54 Å². The summed E-state index contributed by atoms with van der Waals surface area (Å²) in [5.74, 6) is -0.511. The second-order valence-corrected chi connectivity index (χ2v) is 4.77. The van der Waals surface area contributed by atoms with Crippen LogP contribution in [-0.4, -0.2) is 13.1 Å². The minimum Gasteiger partial charge on any atom is -0.342 e. The standard InChI is InChI=1S/C17H20F2N2/c1-3-20-12-13-11-15(19)7-10-17(13)21(4-2)16-8-5-14(18)6-9-16/h5-11,20H,3-4,12H2,1-2H3. The Morgan fingerprint density at radius 3 is 2.24 bits per heavy atom. The molecule has 0 heterocycles. The molecular weight excluding hydrogens is 270 g/mol. The quantitative estimate of drug-likeness (QED) is 0.856. The molecule has 21 heavy (non-hydrogen) atoms. The first kappa shape index (κ1) is 15.4. The Bertz CT molecular complexity index is 582. The predicted octanol–water partition coefficient (Wildman–Crippen LogP) is 4.23. The topological polar surface area (TPSA) is 15.3 Å². The molecule has 0 fully saturated rings. The van der Waals surface area contributed by atoms with Gasteiger partial charge in [0.25, 0.3) is 0 Å². The molecule has 2 rings (SSSR count). The van der Waals surface area contributed by atoms with E-state index in [2.05, 4.69) is 5.32 Å². The Morgan fingerprint density at radius 1 is 0.952 bits per heavy atom. The number of rotatable bonds is 6. The summed E-state index contributed by atoms with van der Waals surface area (Å²) in [6, 6.07) is 11.1. The molecule has 0 aliphatic rings. The van der Waals surface area contributed by atoms with Crippen molar-refractivity contribution in [2.45, 2.75) is 20.4 Å². The van der Waals surface area contributed by atoms with Gasteiger partial charge in [-0.25, -0.2) is 8.78 Å². The highest BCUT2D eigenvalue weighted by Crippen LogP contribution is 2.29. The molecule has 2 nitrogen and oxygen atoms in total. The molecule has 1 N–H and O–H groups in total. The molecule has 2 aromatic carbocycles. The molecule has 0 aromatic heterocycles. The van der Waals surface area contributed by atoms with Gasteiger partial charge in [0.2, 0.25) is 0 Å². The molecule has 0 bridgehead atoms. The Hall–Kier alpha value is -1.94. The van der Waals surface area contributed by atoms with Crippen molar-refractivity contribution in [3.05, 3.63) is 59.7 Å². The fourth-order valence-electron chi connectivity index (χ4n) is 2.33. The van der Waals surface area contributed by atoms with Crippen LogP contribution in [0.2, 0.25) is 0 Å². The van der Waals surface area contributed by atoms with Gasteiger partial charge >= 0.3 is 0 Å². The van der Waals surface area contributed by atoms with E-state index >= 15 is 0 Å². The summed E-state index contributed by atoms with van der Waals surface area (Å²) >= 11 is 0. The first-order chi connectivity index (χ1) is 10.2. The van der Waals surface area contributed by atoms with Gasteiger partial charge in [0.1, 0.15) is 11.6 Å².